The molecule has 7 heteroatoms. The third kappa shape index (κ3) is 10.4. The Hall–Kier alpha value is -1.24. The third-order valence-corrected chi connectivity index (χ3v) is 3.23. The van der Waals surface area contributed by atoms with Crippen molar-refractivity contribution in [3.8, 4) is 0 Å². The molecule has 0 bridgehead atoms. The summed E-state index contributed by atoms with van der Waals surface area (Å²) in [6, 6.07) is -0.918. The summed E-state index contributed by atoms with van der Waals surface area (Å²) in [5.74, 6) is -1.02. The van der Waals surface area contributed by atoms with Crippen molar-refractivity contribution < 1.29 is 24.2 Å². The molecule has 0 aliphatic heterocycles. The first-order valence-electron chi connectivity index (χ1n) is 6.20. The lowest BCUT2D eigenvalue weighted by Crippen LogP contribution is -2.41. The number of rotatable bonds is 10. The van der Waals surface area contributed by atoms with Gasteiger partial charge in [-0.1, -0.05) is 13.3 Å². The van der Waals surface area contributed by atoms with E-state index in [2.05, 4.69) is 5.32 Å². The summed E-state index contributed by atoms with van der Waals surface area (Å²) in [5, 5.41) is 11.2. The fourth-order valence-electron chi connectivity index (χ4n) is 1.18. The van der Waals surface area contributed by atoms with Gasteiger partial charge in [0.25, 0.3) is 0 Å². The molecule has 0 saturated heterocycles. The molecule has 0 rings (SSSR count). The largest absolute Gasteiger partial charge is 0.480 e. The lowest BCUT2D eigenvalue weighted by Gasteiger charge is -2.12. The average Bonchev–Trinajstić information content (AvgIpc) is 2.32. The lowest BCUT2D eigenvalue weighted by atomic mass is 10.3. The zero-order valence-electron chi connectivity index (χ0n) is 11.3. The Morgan fingerprint density at radius 3 is 2.58 bits per heavy atom. The van der Waals surface area contributed by atoms with Crippen LogP contribution in [0.2, 0.25) is 0 Å². The van der Waals surface area contributed by atoms with Gasteiger partial charge >= 0.3 is 11.9 Å². The molecule has 0 aromatic rings. The molecule has 1 atom stereocenters. The van der Waals surface area contributed by atoms with Gasteiger partial charge < -0.3 is 15.2 Å². The van der Waals surface area contributed by atoms with Crippen LogP contribution in [0.3, 0.4) is 0 Å². The highest BCUT2D eigenvalue weighted by Gasteiger charge is 2.18. The highest BCUT2D eigenvalue weighted by atomic mass is 32.2. The molecule has 1 unspecified atom stereocenters. The Kier molecular flexibility index (Phi) is 9.97. The highest BCUT2D eigenvalue weighted by Crippen LogP contribution is 2.06. The maximum Gasteiger partial charge on any atom is 0.327 e. The Morgan fingerprint density at radius 2 is 2.05 bits per heavy atom. The number of carbonyl (C=O) groups is 3. The van der Waals surface area contributed by atoms with E-state index in [4.69, 9.17) is 9.84 Å². The average molecular weight is 291 g/mol. The minimum atomic E-state index is -1.08. The van der Waals surface area contributed by atoms with Crippen LogP contribution in [-0.2, 0) is 19.1 Å². The summed E-state index contributed by atoms with van der Waals surface area (Å²) in [6.07, 6.45) is 2.07. The van der Waals surface area contributed by atoms with Crippen LogP contribution in [0, 0.1) is 0 Å². The number of carbonyl (C=O) groups excluding carboxylic acids is 2. The summed E-state index contributed by atoms with van der Waals surface area (Å²) < 4.78 is 4.96. The number of carboxylic acids is 1. The second-order valence-corrected chi connectivity index (χ2v) is 5.14. The molecule has 0 aromatic carbocycles. The number of amides is 1. The molecule has 0 heterocycles. The van der Waals surface area contributed by atoms with E-state index >= 15 is 0 Å². The van der Waals surface area contributed by atoms with Gasteiger partial charge in [-0.2, -0.15) is 11.8 Å². The molecule has 0 spiro atoms. The van der Waals surface area contributed by atoms with Crippen molar-refractivity contribution in [2.45, 2.75) is 39.2 Å². The van der Waals surface area contributed by atoms with Crippen LogP contribution in [0.5, 0.6) is 0 Å². The highest BCUT2D eigenvalue weighted by molar-refractivity contribution is 7.99. The molecular weight excluding hydrogens is 270 g/mol. The van der Waals surface area contributed by atoms with Crippen molar-refractivity contribution in [1.29, 1.82) is 0 Å². The third-order valence-electron chi connectivity index (χ3n) is 2.17. The predicted octanol–water partition coefficient (Wildman–Crippen LogP) is 1.04. The first kappa shape index (κ1) is 17.8. The van der Waals surface area contributed by atoms with Gasteiger partial charge in [0, 0.05) is 18.4 Å². The van der Waals surface area contributed by atoms with Crippen LogP contribution >= 0.6 is 11.8 Å². The van der Waals surface area contributed by atoms with E-state index in [0.717, 1.165) is 12.8 Å². The first-order valence-corrected chi connectivity index (χ1v) is 7.36. The SMILES string of the molecule is CCCCOC(=O)CCSCC(NC(C)=O)C(=O)O. The second kappa shape index (κ2) is 10.7. The van der Waals surface area contributed by atoms with Crippen molar-refractivity contribution in [3.05, 3.63) is 0 Å². The van der Waals surface area contributed by atoms with E-state index in [9.17, 15) is 14.4 Å². The zero-order valence-corrected chi connectivity index (χ0v) is 12.1. The minimum Gasteiger partial charge on any atom is -0.480 e. The zero-order chi connectivity index (χ0) is 14.7. The molecule has 0 aliphatic carbocycles. The van der Waals surface area contributed by atoms with Crippen LogP contribution in [0.1, 0.15) is 33.1 Å². The van der Waals surface area contributed by atoms with Crippen molar-refractivity contribution in [1.82, 2.24) is 5.32 Å². The Morgan fingerprint density at radius 1 is 1.37 bits per heavy atom. The van der Waals surface area contributed by atoms with E-state index in [1.807, 2.05) is 6.92 Å². The van der Waals surface area contributed by atoms with Gasteiger partial charge in [0.1, 0.15) is 6.04 Å². The molecule has 0 aromatic heterocycles. The molecule has 2 N–H and O–H groups in total. The number of esters is 1. The molecule has 0 fully saturated rings. The summed E-state index contributed by atoms with van der Waals surface area (Å²) in [4.78, 5) is 32.9. The van der Waals surface area contributed by atoms with Crippen molar-refractivity contribution in [3.63, 3.8) is 0 Å². The van der Waals surface area contributed by atoms with Crippen LogP contribution in [-0.4, -0.2) is 47.1 Å². The smallest absolute Gasteiger partial charge is 0.327 e. The van der Waals surface area contributed by atoms with Gasteiger partial charge in [0.05, 0.1) is 13.0 Å². The molecule has 110 valence electrons. The summed E-state index contributed by atoms with van der Waals surface area (Å²) >= 11 is 1.30. The molecule has 0 aliphatic rings. The quantitative estimate of drug-likeness (QED) is 0.461. The fourth-order valence-corrected chi connectivity index (χ4v) is 2.12. The van der Waals surface area contributed by atoms with Gasteiger partial charge in [-0.25, -0.2) is 4.79 Å². The minimum absolute atomic E-state index is 0.233. The van der Waals surface area contributed by atoms with Gasteiger partial charge in [-0.05, 0) is 6.42 Å². The maximum atomic E-state index is 11.3. The fraction of sp³-hybridized carbons (Fsp3) is 0.750. The van der Waals surface area contributed by atoms with Crippen molar-refractivity contribution in [2.24, 2.45) is 0 Å². The van der Waals surface area contributed by atoms with Crippen molar-refractivity contribution >= 4 is 29.6 Å². The standard InChI is InChI=1S/C12H21NO5S/c1-3-4-6-18-11(15)5-7-19-8-10(12(16)17)13-9(2)14/h10H,3-8H2,1-2H3,(H,13,14)(H,16,17). The van der Waals surface area contributed by atoms with E-state index in [0.29, 0.717) is 12.4 Å². The molecule has 6 nitrogen and oxygen atoms in total. The van der Waals surface area contributed by atoms with Gasteiger partial charge in [-0.15, -0.1) is 0 Å². The Labute approximate surface area is 117 Å². The topological polar surface area (TPSA) is 92.7 Å². The van der Waals surface area contributed by atoms with Gasteiger partial charge in [0.2, 0.25) is 5.91 Å². The number of hydrogen-bond acceptors (Lipinski definition) is 5. The normalized spacial score (nSPS) is 11.7. The van der Waals surface area contributed by atoms with E-state index in [1.165, 1.54) is 18.7 Å². The number of aliphatic carboxylic acids is 1. The molecule has 19 heavy (non-hydrogen) atoms. The van der Waals surface area contributed by atoms with Crippen LogP contribution < -0.4 is 5.32 Å². The molecule has 1 amide bonds. The number of carboxylic acid groups (broad SMARTS) is 1. The Balaban J connectivity index is 3.73. The maximum absolute atomic E-state index is 11.3. The monoisotopic (exact) mass is 291 g/mol. The number of ether oxygens (including phenoxy) is 1. The van der Waals surface area contributed by atoms with Crippen LogP contribution in [0.4, 0.5) is 0 Å². The van der Waals surface area contributed by atoms with E-state index in [1.54, 1.807) is 0 Å². The van der Waals surface area contributed by atoms with Gasteiger partial charge in [0.15, 0.2) is 0 Å². The summed E-state index contributed by atoms with van der Waals surface area (Å²) in [5.41, 5.74) is 0. The number of thioether (sulfide) groups is 1. The summed E-state index contributed by atoms with van der Waals surface area (Å²) in [7, 11) is 0. The predicted molar refractivity (Wildman–Crippen MR) is 73.0 cm³/mol. The van der Waals surface area contributed by atoms with Crippen LogP contribution in [0.25, 0.3) is 0 Å². The molecular formula is C12H21NO5S. The van der Waals surface area contributed by atoms with Crippen molar-refractivity contribution in [2.75, 3.05) is 18.1 Å². The number of unbranched alkanes of at least 4 members (excludes halogenated alkanes) is 1. The first-order chi connectivity index (χ1) is 8.97. The Bertz CT molecular complexity index is 308. The van der Waals surface area contributed by atoms with Gasteiger partial charge in [-0.3, -0.25) is 9.59 Å². The van der Waals surface area contributed by atoms with E-state index in [-0.39, 0.29) is 24.1 Å². The second-order valence-electron chi connectivity index (χ2n) is 3.99. The summed E-state index contributed by atoms with van der Waals surface area (Å²) in [6.45, 7) is 3.72. The lowest BCUT2D eigenvalue weighted by molar-refractivity contribution is -0.143. The molecule has 0 radical (unpaired) electrons. The number of nitrogens with one attached hydrogen (secondary N) is 1. The number of hydrogen-bond donors (Lipinski definition) is 2. The molecule has 0 saturated carbocycles. The van der Waals surface area contributed by atoms with E-state index < -0.39 is 12.0 Å². The van der Waals surface area contributed by atoms with Crippen LogP contribution in [0.15, 0.2) is 0 Å².